The molecule has 4 rings (SSSR count). The van der Waals surface area contributed by atoms with Crippen LogP contribution in [0.1, 0.15) is 76.2 Å². The molecule has 1 saturated carbocycles. The summed E-state index contributed by atoms with van der Waals surface area (Å²) >= 11 is 0. The minimum atomic E-state index is -0.543. The number of hydrogen-bond acceptors (Lipinski definition) is 2. The lowest BCUT2D eigenvalue weighted by Crippen LogP contribution is -2.50. The largest absolute Gasteiger partial charge is 0.339 e. The molecule has 0 N–H and O–H groups in total. The van der Waals surface area contributed by atoms with E-state index in [1.807, 2.05) is 6.92 Å². The molecule has 0 unspecified atom stereocenters. The Labute approximate surface area is 175 Å². The van der Waals surface area contributed by atoms with Gasteiger partial charge in [-0.05, 0) is 42.7 Å². The summed E-state index contributed by atoms with van der Waals surface area (Å²) < 4.78 is 13.9. The van der Waals surface area contributed by atoms with Gasteiger partial charge in [-0.3, -0.25) is 0 Å². The first kappa shape index (κ1) is 20.2. The predicted octanol–water partition coefficient (Wildman–Crippen LogP) is 6.84. The number of rotatable bonds is 4. The molecule has 2 heteroatoms. The third kappa shape index (κ3) is 4.00. The molecule has 1 saturated heterocycles. The van der Waals surface area contributed by atoms with Crippen molar-refractivity contribution in [3.63, 3.8) is 0 Å². The van der Waals surface area contributed by atoms with E-state index >= 15 is 0 Å². The molecule has 0 bridgehead atoms. The average molecular weight is 389 g/mol. The maximum absolute atomic E-state index is 6.95. The molecular formula is C27H32O2. The van der Waals surface area contributed by atoms with Crippen LogP contribution in [0.5, 0.6) is 0 Å². The van der Waals surface area contributed by atoms with Gasteiger partial charge in [-0.25, -0.2) is 0 Å². The van der Waals surface area contributed by atoms with Crippen molar-refractivity contribution in [1.82, 2.24) is 0 Å². The van der Waals surface area contributed by atoms with Crippen LogP contribution in [0.2, 0.25) is 0 Å². The maximum atomic E-state index is 6.95. The highest BCUT2D eigenvalue weighted by atomic mass is 16.8. The van der Waals surface area contributed by atoms with Crippen LogP contribution < -0.4 is 0 Å². The molecule has 1 aliphatic heterocycles. The molecule has 2 aromatic rings. The van der Waals surface area contributed by atoms with E-state index < -0.39 is 5.79 Å². The molecule has 1 heterocycles. The lowest BCUT2D eigenvalue weighted by molar-refractivity contribution is -0.256. The summed E-state index contributed by atoms with van der Waals surface area (Å²) in [4.78, 5) is 0. The minimum absolute atomic E-state index is 0.0905. The highest BCUT2D eigenvalue weighted by Gasteiger charge is 2.58. The summed E-state index contributed by atoms with van der Waals surface area (Å²) in [5.74, 6) is 6.10. The third-order valence-electron chi connectivity index (χ3n) is 6.74. The molecule has 0 amide bonds. The van der Waals surface area contributed by atoms with Crippen molar-refractivity contribution >= 4 is 0 Å². The molecule has 1 aliphatic carbocycles. The van der Waals surface area contributed by atoms with E-state index in [0.717, 1.165) is 25.7 Å². The zero-order valence-electron chi connectivity index (χ0n) is 17.9. The Morgan fingerprint density at radius 3 is 1.93 bits per heavy atom. The van der Waals surface area contributed by atoms with Gasteiger partial charge in [0.2, 0.25) is 0 Å². The first-order valence-electron chi connectivity index (χ1n) is 10.9. The third-order valence-corrected chi connectivity index (χ3v) is 6.74. The summed E-state index contributed by atoms with van der Waals surface area (Å²) in [5, 5.41) is 0. The van der Waals surface area contributed by atoms with Gasteiger partial charge >= 0.3 is 0 Å². The lowest BCUT2D eigenvalue weighted by atomic mass is 9.64. The second-order valence-corrected chi connectivity index (χ2v) is 9.07. The van der Waals surface area contributed by atoms with Gasteiger partial charge in [0.25, 0.3) is 0 Å². The van der Waals surface area contributed by atoms with E-state index in [9.17, 15) is 0 Å². The van der Waals surface area contributed by atoms with E-state index in [-0.39, 0.29) is 17.6 Å². The fourth-order valence-corrected chi connectivity index (χ4v) is 5.32. The summed E-state index contributed by atoms with van der Waals surface area (Å²) in [6, 6.07) is 21.1. The van der Waals surface area contributed by atoms with Gasteiger partial charge in [0.1, 0.15) is 12.2 Å². The van der Waals surface area contributed by atoms with E-state index in [0.29, 0.717) is 5.92 Å². The van der Waals surface area contributed by atoms with E-state index in [1.165, 1.54) is 17.5 Å². The first-order chi connectivity index (χ1) is 14.1. The summed E-state index contributed by atoms with van der Waals surface area (Å²) in [7, 11) is 0. The van der Waals surface area contributed by atoms with Crippen LogP contribution in [0.3, 0.4) is 0 Å². The monoisotopic (exact) mass is 388 g/mol. The van der Waals surface area contributed by atoms with Crippen LogP contribution in [0, 0.1) is 23.2 Å². The van der Waals surface area contributed by atoms with Crippen LogP contribution in [-0.2, 0) is 9.47 Å². The summed E-state index contributed by atoms with van der Waals surface area (Å²) in [6.07, 6.45) is 5.01. The molecule has 2 aromatic carbocycles. The van der Waals surface area contributed by atoms with Gasteiger partial charge in [-0.2, -0.15) is 0 Å². The fraction of sp³-hybridized carbons (Fsp3) is 0.481. The Kier molecular flexibility index (Phi) is 5.81. The molecule has 3 atom stereocenters. The Morgan fingerprint density at radius 2 is 1.41 bits per heavy atom. The smallest absolute Gasteiger partial charge is 0.173 e. The standard InChI is InChI=1S/C27H32O2/c1-4-5-8-18-23-26(2,3)19-13-20-27(23)28-24(21-14-9-6-10-15-21)25(29-27)22-16-11-7-12-17-22/h6-7,9-12,14-17,23-25H,8,13,18-20H2,1-3H3/t23-,24+,25+/m0/s1. The Hall–Kier alpha value is -2.08. The van der Waals surface area contributed by atoms with Crippen molar-refractivity contribution in [2.24, 2.45) is 11.3 Å². The minimum Gasteiger partial charge on any atom is -0.339 e. The van der Waals surface area contributed by atoms with Crippen LogP contribution >= 0.6 is 0 Å². The van der Waals surface area contributed by atoms with Gasteiger partial charge in [-0.15, -0.1) is 11.8 Å². The zero-order chi connectivity index (χ0) is 20.3. The fourth-order valence-electron chi connectivity index (χ4n) is 5.32. The second-order valence-electron chi connectivity index (χ2n) is 9.07. The average Bonchev–Trinajstić information content (AvgIpc) is 3.11. The number of ether oxygens (including phenoxy) is 2. The molecule has 2 fully saturated rings. The molecule has 29 heavy (non-hydrogen) atoms. The molecule has 1 spiro atoms. The topological polar surface area (TPSA) is 18.5 Å². The Morgan fingerprint density at radius 1 is 0.862 bits per heavy atom. The van der Waals surface area contributed by atoms with Gasteiger partial charge in [0, 0.05) is 18.8 Å². The summed E-state index contributed by atoms with van der Waals surface area (Å²) in [6.45, 7) is 6.66. The highest BCUT2D eigenvalue weighted by Crippen LogP contribution is 2.59. The van der Waals surface area contributed by atoms with E-state index in [1.54, 1.807) is 0 Å². The number of hydrogen-bond donors (Lipinski definition) is 0. The highest BCUT2D eigenvalue weighted by molar-refractivity contribution is 5.27. The van der Waals surface area contributed by atoms with Gasteiger partial charge in [-0.1, -0.05) is 74.5 Å². The van der Waals surface area contributed by atoms with Crippen molar-refractivity contribution < 1.29 is 9.47 Å². The zero-order valence-corrected chi connectivity index (χ0v) is 17.9. The van der Waals surface area contributed by atoms with Gasteiger partial charge < -0.3 is 9.47 Å². The van der Waals surface area contributed by atoms with Crippen LogP contribution in [0.4, 0.5) is 0 Å². The molecule has 2 aliphatic rings. The lowest BCUT2D eigenvalue weighted by Gasteiger charge is -2.49. The SMILES string of the molecule is CC#CCC[C@H]1C(C)(C)CCCC12O[C@H](c1ccccc1)[C@@H](c1ccccc1)O2. The number of benzene rings is 2. The van der Waals surface area contributed by atoms with Crippen molar-refractivity contribution in [2.45, 2.75) is 70.9 Å². The maximum Gasteiger partial charge on any atom is 0.173 e. The normalized spacial score (nSPS) is 27.3. The molecule has 152 valence electrons. The van der Waals surface area contributed by atoms with E-state index in [4.69, 9.17) is 9.47 Å². The van der Waals surface area contributed by atoms with Crippen molar-refractivity contribution in [1.29, 1.82) is 0 Å². The first-order valence-corrected chi connectivity index (χ1v) is 10.9. The molecular weight excluding hydrogens is 356 g/mol. The predicted molar refractivity (Wildman–Crippen MR) is 117 cm³/mol. The molecule has 0 radical (unpaired) electrons. The quantitative estimate of drug-likeness (QED) is 0.534. The van der Waals surface area contributed by atoms with Crippen molar-refractivity contribution in [3.05, 3.63) is 71.8 Å². The second kappa shape index (κ2) is 8.34. The van der Waals surface area contributed by atoms with Crippen LogP contribution in [0.25, 0.3) is 0 Å². The van der Waals surface area contributed by atoms with Gasteiger partial charge in [0.05, 0.1) is 0 Å². The molecule has 0 aromatic heterocycles. The van der Waals surface area contributed by atoms with Gasteiger partial charge in [0.15, 0.2) is 5.79 Å². The Bertz CT molecular complexity index is 812. The van der Waals surface area contributed by atoms with Crippen molar-refractivity contribution in [2.75, 3.05) is 0 Å². The van der Waals surface area contributed by atoms with Crippen molar-refractivity contribution in [3.8, 4) is 11.8 Å². The van der Waals surface area contributed by atoms with Crippen LogP contribution in [0.15, 0.2) is 60.7 Å². The van der Waals surface area contributed by atoms with E-state index in [2.05, 4.69) is 86.4 Å². The van der Waals surface area contributed by atoms with Crippen LogP contribution in [-0.4, -0.2) is 5.79 Å². The Balaban J connectivity index is 1.73. The molecule has 2 nitrogen and oxygen atoms in total. The summed E-state index contributed by atoms with van der Waals surface area (Å²) in [5.41, 5.74) is 2.54.